The number of rotatable bonds is 6. The van der Waals surface area contributed by atoms with E-state index in [0.29, 0.717) is 11.4 Å². The molecule has 4 rings (SSSR count). The fourth-order valence-electron chi connectivity index (χ4n) is 5.05. The Balaban J connectivity index is 1.32. The van der Waals surface area contributed by atoms with Crippen LogP contribution in [-0.4, -0.2) is 48.3 Å². The van der Waals surface area contributed by atoms with Gasteiger partial charge in [-0.3, -0.25) is 19.3 Å². The number of hydrogen-bond donors (Lipinski definition) is 1. The zero-order valence-electron chi connectivity index (χ0n) is 16.4. The van der Waals surface area contributed by atoms with Crippen molar-refractivity contribution in [1.82, 2.24) is 4.90 Å². The highest BCUT2D eigenvalue weighted by atomic mass is 16.5. The number of imide groups is 1. The van der Waals surface area contributed by atoms with E-state index in [1.807, 2.05) is 0 Å². The molecule has 0 aromatic heterocycles. The van der Waals surface area contributed by atoms with E-state index in [4.69, 9.17) is 9.47 Å². The van der Waals surface area contributed by atoms with Crippen LogP contribution in [0.5, 0.6) is 5.75 Å². The van der Waals surface area contributed by atoms with Crippen LogP contribution >= 0.6 is 0 Å². The highest BCUT2D eigenvalue weighted by Gasteiger charge is 2.62. The van der Waals surface area contributed by atoms with Crippen molar-refractivity contribution in [3.05, 3.63) is 24.3 Å². The van der Waals surface area contributed by atoms with Gasteiger partial charge in [-0.2, -0.15) is 0 Å². The summed E-state index contributed by atoms with van der Waals surface area (Å²) in [4.78, 5) is 51.0. The minimum atomic E-state index is -1.03. The number of fused-ring (bicyclic) bond motifs is 5. The molecule has 5 atom stereocenters. The van der Waals surface area contributed by atoms with Gasteiger partial charge in [-0.05, 0) is 62.3 Å². The number of methoxy groups -OCH3 is 1. The molecular weight excluding hydrogens is 376 g/mol. The van der Waals surface area contributed by atoms with Gasteiger partial charge >= 0.3 is 5.97 Å². The molecule has 1 saturated heterocycles. The summed E-state index contributed by atoms with van der Waals surface area (Å²) in [5.41, 5.74) is 0.535. The number of ether oxygens (including phenoxy) is 2. The van der Waals surface area contributed by atoms with Crippen LogP contribution in [0.25, 0.3) is 0 Å². The first-order chi connectivity index (χ1) is 13.9. The first-order valence-electron chi connectivity index (χ1n) is 9.88. The van der Waals surface area contributed by atoms with Gasteiger partial charge in [0.15, 0.2) is 6.61 Å². The van der Waals surface area contributed by atoms with Crippen LogP contribution in [0.4, 0.5) is 5.69 Å². The van der Waals surface area contributed by atoms with E-state index >= 15 is 0 Å². The van der Waals surface area contributed by atoms with Gasteiger partial charge in [0, 0.05) is 5.69 Å². The lowest BCUT2D eigenvalue weighted by Gasteiger charge is -2.23. The average molecular weight is 400 g/mol. The lowest BCUT2D eigenvalue weighted by molar-refractivity contribution is -0.159. The van der Waals surface area contributed by atoms with Gasteiger partial charge in [0.2, 0.25) is 11.8 Å². The molecule has 1 N–H and O–H groups in total. The fourth-order valence-corrected chi connectivity index (χ4v) is 5.05. The van der Waals surface area contributed by atoms with E-state index in [1.54, 1.807) is 31.4 Å². The van der Waals surface area contributed by atoms with E-state index in [0.717, 1.165) is 24.2 Å². The Morgan fingerprint density at radius 1 is 1.10 bits per heavy atom. The number of nitrogens with zero attached hydrogens (tertiary/aromatic N) is 1. The number of likely N-dealkylation sites (tertiary alicyclic amines) is 1. The molecule has 3 fully saturated rings. The van der Waals surface area contributed by atoms with E-state index in [2.05, 4.69) is 5.32 Å². The van der Waals surface area contributed by atoms with Crippen molar-refractivity contribution in [2.75, 3.05) is 19.0 Å². The summed E-state index contributed by atoms with van der Waals surface area (Å²) in [6.45, 7) is 0.978. The lowest BCUT2D eigenvalue weighted by atomic mass is 9.81. The van der Waals surface area contributed by atoms with E-state index < -0.39 is 24.5 Å². The van der Waals surface area contributed by atoms with Gasteiger partial charge in [-0.1, -0.05) is 0 Å². The third kappa shape index (κ3) is 3.36. The number of nitrogens with one attached hydrogen (secondary N) is 1. The van der Waals surface area contributed by atoms with Crippen molar-refractivity contribution < 1.29 is 28.7 Å². The maximum Gasteiger partial charge on any atom is 0.329 e. The molecule has 1 heterocycles. The summed E-state index contributed by atoms with van der Waals surface area (Å²) < 4.78 is 10.1. The Bertz CT molecular complexity index is 823. The van der Waals surface area contributed by atoms with Crippen molar-refractivity contribution >= 4 is 29.4 Å². The molecule has 1 aromatic rings. The predicted molar refractivity (Wildman–Crippen MR) is 102 cm³/mol. The molecule has 0 unspecified atom stereocenters. The second-order valence-corrected chi connectivity index (χ2v) is 7.99. The molecule has 1 aromatic carbocycles. The average Bonchev–Trinajstić information content (AvgIpc) is 3.40. The molecule has 8 nitrogen and oxygen atoms in total. The summed E-state index contributed by atoms with van der Waals surface area (Å²) >= 11 is 0. The molecule has 8 heteroatoms. The van der Waals surface area contributed by atoms with Crippen LogP contribution in [0.15, 0.2) is 24.3 Å². The number of hydrogen-bond acceptors (Lipinski definition) is 6. The first kappa shape index (κ1) is 19.4. The number of benzene rings is 1. The van der Waals surface area contributed by atoms with Crippen LogP contribution in [0, 0.1) is 23.7 Å². The molecule has 0 radical (unpaired) electrons. The molecule has 2 bridgehead atoms. The van der Waals surface area contributed by atoms with Crippen molar-refractivity contribution in [1.29, 1.82) is 0 Å². The Hall–Kier alpha value is -2.90. The quantitative estimate of drug-likeness (QED) is 0.575. The van der Waals surface area contributed by atoms with Crippen LogP contribution in [0.1, 0.15) is 26.2 Å². The topological polar surface area (TPSA) is 102 Å². The molecular formula is C21H24N2O6. The third-order valence-corrected chi connectivity index (χ3v) is 6.41. The molecule has 2 aliphatic carbocycles. The van der Waals surface area contributed by atoms with Gasteiger partial charge in [0.1, 0.15) is 11.8 Å². The minimum absolute atomic E-state index is 0.255. The summed E-state index contributed by atoms with van der Waals surface area (Å²) in [6, 6.07) is 5.68. The van der Waals surface area contributed by atoms with Crippen molar-refractivity contribution in [2.45, 2.75) is 32.2 Å². The Morgan fingerprint density at radius 3 is 2.24 bits per heavy atom. The molecule has 3 amide bonds. The third-order valence-electron chi connectivity index (χ3n) is 6.41. The minimum Gasteiger partial charge on any atom is -0.497 e. The van der Waals surface area contributed by atoms with E-state index in [1.165, 1.54) is 6.92 Å². The predicted octanol–water partition coefficient (Wildman–Crippen LogP) is 1.60. The van der Waals surface area contributed by atoms with Crippen molar-refractivity contribution in [2.24, 2.45) is 23.7 Å². The Labute approximate surface area is 168 Å². The smallest absolute Gasteiger partial charge is 0.329 e. The molecule has 0 spiro atoms. The van der Waals surface area contributed by atoms with Crippen LogP contribution in [0.2, 0.25) is 0 Å². The lowest BCUT2D eigenvalue weighted by Crippen LogP contribution is -2.45. The summed E-state index contributed by atoms with van der Waals surface area (Å²) in [6.07, 6.45) is 2.89. The van der Waals surface area contributed by atoms with E-state index in [9.17, 15) is 19.2 Å². The van der Waals surface area contributed by atoms with Crippen molar-refractivity contribution in [3.63, 3.8) is 0 Å². The van der Waals surface area contributed by atoms with Crippen LogP contribution in [-0.2, 0) is 23.9 Å². The number of esters is 1. The van der Waals surface area contributed by atoms with Gasteiger partial charge in [0.25, 0.3) is 5.91 Å². The van der Waals surface area contributed by atoms with Gasteiger partial charge < -0.3 is 14.8 Å². The Kier molecular flexibility index (Phi) is 5.02. The summed E-state index contributed by atoms with van der Waals surface area (Å²) in [5.74, 6) is -1.20. The first-order valence-corrected chi connectivity index (χ1v) is 9.88. The normalized spacial score (nSPS) is 28.3. The maximum absolute atomic E-state index is 12.8. The Morgan fingerprint density at radius 2 is 1.69 bits per heavy atom. The zero-order chi connectivity index (χ0) is 20.7. The largest absolute Gasteiger partial charge is 0.497 e. The van der Waals surface area contributed by atoms with Crippen LogP contribution < -0.4 is 10.1 Å². The van der Waals surface area contributed by atoms with Gasteiger partial charge in [-0.25, -0.2) is 4.79 Å². The summed E-state index contributed by atoms with van der Waals surface area (Å²) in [7, 11) is 1.54. The van der Waals surface area contributed by atoms with Gasteiger partial charge in [0.05, 0.1) is 18.9 Å². The molecule has 2 saturated carbocycles. The standard InChI is InChI=1S/C21H24N2O6/c1-11(23-19(25)17-12-3-4-13(9-12)18(17)20(23)26)21(27)29-10-16(24)22-14-5-7-15(28-2)8-6-14/h5-8,11-13,17-18H,3-4,9-10H2,1-2H3,(H,22,24)/t11-,12+,13+,17-,18+/m1/s1. The number of carbonyl (C=O) groups excluding carboxylic acids is 4. The number of carbonyl (C=O) groups is 4. The fraction of sp³-hybridized carbons (Fsp3) is 0.524. The molecule has 1 aliphatic heterocycles. The summed E-state index contributed by atoms with van der Waals surface area (Å²) in [5, 5.41) is 2.61. The second kappa shape index (κ2) is 7.50. The second-order valence-electron chi connectivity index (χ2n) is 7.99. The molecule has 154 valence electrons. The molecule has 3 aliphatic rings. The number of anilines is 1. The molecule has 29 heavy (non-hydrogen) atoms. The highest BCUT2D eigenvalue weighted by molar-refractivity contribution is 6.08. The number of amides is 3. The van der Waals surface area contributed by atoms with E-state index in [-0.39, 0.29) is 35.5 Å². The SMILES string of the molecule is COc1ccc(NC(=O)COC(=O)[C@@H](C)N2C(=O)[C@@H]3[C@H]4CC[C@@H](C4)[C@@H]3C2=O)cc1. The van der Waals surface area contributed by atoms with Gasteiger partial charge in [-0.15, -0.1) is 0 Å². The maximum atomic E-state index is 12.8. The van der Waals surface area contributed by atoms with Crippen LogP contribution in [0.3, 0.4) is 0 Å². The monoisotopic (exact) mass is 400 g/mol. The van der Waals surface area contributed by atoms with Crippen molar-refractivity contribution in [3.8, 4) is 5.75 Å². The highest BCUT2D eigenvalue weighted by Crippen LogP contribution is 2.56. The zero-order valence-corrected chi connectivity index (χ0v) is 16.4.